The molecule has 154 valence electrons. The van der Waals surface area contributed by atoms with Crippen molar-refractivity contribution >= 4 is 10.8 Å². The number of hydrogen-bond donors (Lipinski definition) is 0. The van der Waals surface area contributed by atoms with Crippen LogP contribution in [0.2, 0.25) is 0 Å². The number of fused-ring (bicyclic) bond motifs is 1. The average Bonchev–Trinajstić information content (AvgIpc) is 2.72. The van der Waals surface area contributed by atoms with Gasteiger partial charge < -0.3 is 0 Å². The molecule has 0 saturated heterocycles. The lowest BCUT2D eigenvalue weighted by Gasteiger charge is -2.26. The molecule has 0 aromatic heterocycles. The molecule has 4 rings (SSSR count). The Morgan fingerprint density at radius 2 is 1.40 bits per heavy atom. The molecule has 1 aliphatic carbocycles. The van der Waals surface area contributed by atoms with E-state index in [-0.39, 0.29) is 22.3 Å². The second kappa shape index (κ2) is 8.10. The van der Waals surface area contributed by atoms with Crippen molar-refractivity contribution in [3.05, 3.63) is 82.2 Å². The number of rotatable bonds is 1. The van der Waals surface area contributed by atoms with Gasteiger partial charge in [0, 0.05) is 10.9 Å². The first-order valence-electron chi connectivity index (χ1n) is 9.91. The second-order valence-electron chi connectivity index (χ2n) is 7.99. The van der Waals surface area contributed by atoms with Crippen LogP contribution in [0.25, 0.3) is 10.8 Å². The van der Waals surface area contributed by atoms with Gasteiger partial charge in [-0.3, -0.25) is 0 Å². The van der Waals surface area contributed by atoms with E-state index in [0.29, 0.717) is 17.0 Å². The Balaban J connectivity index is 1.64. The smallest absolute Gasteiger partial charge is 0.195 e. The van der Waals surface area contributed by atoms with E-state index < -0.39 is 29.1 Å². The number of hydrogen-bond acceptors (Lipinski definition) is 0. The lowest BCUT2D eigenvalue weighted by atomic mass is 9.79. The Bertz CT molecular complexity index is 1150. The predicted molar refractivity (Wildman–Crippen MR) is 107 cm³/mol. The highest BCUT2D eigenvalue weighted by Gasteiger charge is 2.22. The van der Waals surface area contributed by atoms with Crippen molar-refractivity contribution in [3.63, 3.8) is 0 Å². The largest absolute Gasteiger partial charge is 0.206 e. The summed E-state index contributed by atoms with van der Waals surface area (Å²) in [5.74, 6) is 0.305. The molecular formula is C25H19F5. The molecule has 0 amide bonds. The Hall–Kier alpha value is -2.87. The lowest BCUT2D eigenvalue weighted by Crippen LogP contribution is -2.11. The fourth-order valence-electron chi connectivity index (χ4n) is 4.06. The maximum atomic E-state index is 14.6. The molecule has 30 heavy (non-hydrogen) atoms. The summed E-state index contributed by atoms with van der Waals surface area (Å²) in [5, 5.41) is 0.0176. The Labute approximate surface area is 171 Å². The van der Waals surface area contributed by atoms with E-state index in [9.17, 15) is 22.0 Å². The van der Waals surface area contributed by atoms with E-state index in [1.807, 2.05) is 0 Å². The quantitative estimate of drug-likeness (QED) is 0.224. The van der Waals surface area contributed by atoms with Crippen LogP contribution in [-0.2, 0) is 0 Å². The summed E-state index contributed by atoms with van der Waals surface area (Å²) in [6.45, 7) is 2.18. The van der Waals surface area contributed by atoms with Crippen molar-refractivity contribution < 1.29 is 22.0 Å². The van der Waals surface area contributed by atoms with E-state index >= 15 is 0 Å². The Morgan fingerprint density at radius 3 is 2.07 bits per heavy atom. The van der Waals surface area contributed by atoms with Crippen molar-refractivity contribution in [2.24, 2.45) is 5.92 Å². The van der Waals surface area contributed by atoms with E-state index in [2.05, 4.69) is 18.8 Å². The summed E-state index contributed by atoms with van der Waals surface area (Å²) < 4.78 is 69.7. The zero-order valence-corrected chi connectivity index (χ0v) is 16.3. The zero-order chi connectivity index (χ0) is 21.4. The van der Waals surface area contributed by atoms with Gasteiger partial charge in [0.15, 0.2) is 17.5 Å². The average molecular weight is 414 g/mol. The van der Waals surface area contributed by atoms with Gasteiger partial charge in [0.1, 0.15) is 11.6 Å². The third-order valence-corrected chi connectivity index (χ3v) is 5.86. The fraction of sp³-hybridized carbons (Fsp3) is 0.280. The van der Waals surface area contributed by atoms with Gasteiger partial charge in [-0.2, -0.15) is 0 Å². The molecule has 5 heteroatoms. The highest BCUT2D eigenvalue weighted by Crippen LogP contribution is 2.36. The van der Waals surface area contributed by atoms with Crippen LogP contribution in [0.5, 0.6) is 0 Å². The first-order chi connectivity index (χ1) is 14.3. The summed E-state index contributed by atoms with van der Waals surface area (Å²) in [6.07, 6.45) is 3.91. The lowest BCUT2D eigenvalue weighted by molar-refractivity contribution is 0.346. The topological polar surface area (TPSA) is 0 Å². The molecule has 1 aliphatic rings. The molecule has 1 saturated carbocycles. The molecule has 0 bridgehead atoms. The maximum Gasteiger partial charge on any atom is 0.195 e. The Kier molecular flexibility index (Phi) is 5.51. The van der Waals surface area contributed by atoms with Gasteiger partial charge in [-0.25, -0.2) is 22.0 Å². The van der Waals surface area contributed by atoms with Crippen LogP contribution in [0.1, 0.15) is 55.2 Å². The van der Waals surface area contributed by atoms with Gasteiger partial charge >= 0.3 is 0 Å². The third-order valence-electron chi connectivity index (χ3n) is 5.86. The van der Waals surface area contributed by atoms with Gasteiger partial charge in [0.2, 0.25) is 0 Å². The first-order valence-corrected chi connectivity index (χ1v) is 9.91. The van der Waals surface area contributed by atoms with Gasteiger partial charge in [-0.05, 0) is 66.0 Å². The van der Waals surface area contributed by atoms with Crippen LogP contribution in [0.3, 0.4) is 0 Å². The van der Waals surface area contributed by atoms with E-state index in [1.165, 1.54) is 30.3 Å². The molecule has 0 N–H and O–H groups in total. The van der Waals surface area contributed by atoms with E-state index in [0.717, 1.165) is 31.7 Å². The first kappa shape index (κ1) is 20.4. The van der Waals surface area contributed by atoms with Crippen LogP contribution in [-0.4, -0.2) is 0 Å². The maximum absolute atomic E-state index is 14.6. The molecule has 0 atom stereocenters. The fourth-order valence-corrected chi connectivity index (χ4v) is 4.06. The van der Waals surface area contributed by atoms with Crippen molar-refractivity contribution in [2.75, 3.05) is 0 Å². The molecule has 3 aromatic carbocycles. The van der Waals surface area contributed by atoms with Crippen LogP contribution in [0.15, 0.2) is 36.4 Å². The highest BCUT2D eigenvalue weighted by atomic mass is 19.2. The molecule has 0 heterocycles. The molecule has 0 radical (unpaired) electrons. The van der Waals surface area contributed by atoms with Gasteiger partial charge in [-0.15, -0.1) is 0 Å². The summed E-state index contributed by atoms with van der Waals surface area (Å²) in [5.41, 5.74) is 0.609. The summed E-state index contributed by atoms with van der Waals surface area (Å²) in [6, 6.07) is 7.56. The van der Waals surface area contributed by atoms with Crippen molar-refractivity contribution in [3.8, 4) is 11.8 Å². The van der Waals surface area contributed by atoms with Crippen LogP contribution >= 0.6 is 0 Å². The van der Waals surface area contributed by atoms with Crippen molar-refractivity contribution in [2.45, 2.75) is 38.5 Å². The summed E-state index contributed by atoms with van der Waals surface area (Å²) in [7, 11) is 0. The molecule has 0 spiro atoms. The molecule has 0 unspecified atom stereocenters. The van der Waals surface area contributed by atoms with Crippen molar-refractivity contribution in [1.82, 2.24) is 0 Å². The third kappa shape index (κ3) is 3.92. The van der Waals surface area contributed by atoms with Gasteiger partial charge in [-0.1, -0.05) is 37.7 Å². The predicted octanol–water partition coefficient (Wildman–Crippen LogP) is 7.23. The molecule has 1 fully saturated rings. The molecule has 0 nitrogen and oxygen atoms in total. The minimum absolute atomic E-state index is 0.0945. The SMILES string of the molecule is CC1CCC(c2cc(F)c(C#Cc3ccc4c(F)c(F)c(F)cc4c3)c(F)c2)CC1. The zero-order valence-electron chi connectivity index (χ0n) is 16.3. The summed E-state index contributed by atoms with van der Waals surface area (Å²) >= 11 is 0. The van der Waals surface area contributed by atoms with Crippen LogP contribution in [0.4, 0.5) is 22.0 Å². The minimum atomic E-state index is -1.54. The Morgan fingerprint density at radius 1 is 0.733 bits per heavy atom. The number of halogens is 5. The highest BCUT2D eigenvalue weighted by molar-refractivity contribution is 5.84. The normalized spacial score (nSPS) is 18.9. The summed E-state index contributed by atoms with van der Waals surface area (Å²) in [4.78, 5) is 0. The van der Waals surface area contributed by atoms with Gasteiger partial charge in [0.05, 0.1) is 5.56 Å². The molecular weight excluding hydrogens is 395 g/mol. The van der Waals surface area contributed by atoms with Gasteiger partial charge in [0.25, 0.3) is 0 Å². The number of benzene rings is 3. The van der Waals surface area contributed by atoms with E-state index in [4.69, 9.17) is 0 Å². The minimum Gasteiger partial charge on any atom is -0.206 e. The van der Waals surface area contributed by atoms with Crippen LogP contribution in [0, 0.1) is 46.8 Å². The standard InChI is InChI=1S/C25H19F5/c1-14-2-6-16(7-3-14)17-11-21(26)20(22(27)12-17)9-5-15-4-8-19-18(10-15)13-23(28)25(30)24(19)29/h4,8,10-14,16H,2-3,6-7H2,1H3. The van der Waals surface area contributed by atoms with Crippen LogP contribution < -0.4 is 0 Å². The monoisotopic (exact) mass is 414 g/mol. The van der Waals surface area contributed by atoms with Crippen molar-refractivity contribution in [1.29, 1.82) is 0 Å². The molecule has 0 aliphatic heterocycles. The van der Waals surface area contributed by atoms with E-state index in [1.54, 1.807) is 0 Å². The molecule has 3 aromatic rings. The second-order valence-corrected chi connectivity index (χ2v) is 7.99.